The van der Waals surface area contributed by atoms with E-state index in [9.17, 15) is 27.5 Å². The van der Waals surface area contributed by atoms with Crippen molar-refractivity contribution in [3.8, 4) is 16.9 Å². The van der Waals surface area contributed by atoms with Crippen molar-refractivity contribution in [2.45, 2.75) is 18.9 Å². The van der Waals surface area contributed by atoms with E-state index < -0.39 is 45.5 Å². The van der Waals surface area contributed by atoms with Crippen LogP contribution in [0.5, 0.6) is 5.75 Å². The summed E-state index contributed by atoms with van der Waals surface area (Å²) in [6, 6.07) is 2.44. The molecular formula is C14H13FN4O5S. The van der Waals surface area contributed by atoms with E-state index in [-0.39, 0.29) is 17.2 Å². The number of nitrogens with one attached hydrogen (secondary N) is 2. The Morgan fingerprint density at radius 1 is 1.20 bits per heavy atom. The topological polar surface area (TPSA) is 124 Å². The number of phenolic OH excluding ortho intramolecular Hbond substituents is 1. The maximum absolute atomic E-state index is 15.0. The molecule has 25 heavy (non-hydrogen) atoms. The second kappa shape index (κ2) is 5.09. The minimum absolute atomic E-state index is 0.0153. The lowest BCUT2D eigenvalue weighted by molar-refractivity contribution is -0.117. The number of nitrogens with zero attached hydrogens (tertiary/aromatic N) is 2. The molecule has 1 aliphatic carbocycles. The Kier molecular flexibility index (Phi) is 3.19. The number of H-pyrrole nitrogens is 1. The molecule has 2 heterocycles. The number of anilines is 1. The van der Waals surface area contributed by atoms with E-state index in [1.54, 1.807) is 9.40 Å². The van der Waals surface area contributed by atoms with Gasteiger partial charge in [0.2, 0.25) is 0 Å². The number of rotatable bonds is 3. The minimum atomic E-state index is -4.30. The van der Waals surface area contributed by atoms with Crippen LogP contribution in [0.15, 0.2) is 23.1 Å². The van der Waals surface area contributed by atoms with Gasteiger partial charge in [-0.25, -0.2) is 13.4 Å². The number of benzene rings is 1. The Bertz CT molecular complexity index is 1050. The van der Waals surface area contributed by atoms with Crippen LogP contribution in [-0.2, 0) is 15.0 Å². The van der Waals surface area contributed by atoms with Gasteiger partial charge in [0.05, 0.1) is 5.56 Å². The Morgan fingerprint density at radius 2 is 1.92 bits per heavy atom. The maximum atomic E-state index is 15.0. The van der Waals surface area contributed by atoms with Crippen molar-refractivity contribution >= 4 is 21.8 Å². The number of aromatic hydroxyl groups is 1. The Balaban J connectivity index is 1.87. The molecule has 132 valence electrons. The molecule has 2 aliphatic rings. The van der Waals surface area contributed by atoms with Gasteiger partial charge < -0.3 is 5.11 Å². The van der Waals surface area contributed by atoms with Gasteiger partial charge in [0.25, 0.3) is 11.5 Å². The van der Waals surface area contributed by atoms with Gasteiger partial charge >= 0.3 is 10.2 Å². The molecule has 1 aromatic heterocycles. The highest BCUT2D eigenvalue weighted by Gasteiger charge is 2.38. The first kappa shape index (κ1) is 15.7. The molecule has 1 saturated heterocycles. The molecule has 11 heteroatoms. The Morgan fingerprint density at radius 3 is 2.52 bits per heavy atom. The van der Waals surface area contributed by atoms with Gasteiger partial charge in [0.15, 0.2) is 5.82 Å². The van der Waals surface area contributed by atoms with Gasteiger partial charge in [-0.1, -0.05) is 0 Å². The second-order valence-corrected chi connectivity index (χ2v) is 7.55. The molecule has 9 nitrogen and oxygen atoms in total. The number of halogens is 1. The molecule has 1 aliphatic heterocycles. The van der Waals surface area contributed by atoms with Crippen molar-refractivity contribution < 1.29 is 22.7 Å². The molecule has 3 N–H and O–H groups in total. The monoisotopic (exact) mass is 368 g/mol. The van der Waals surface area contributed by atoms with Gasteiger partial charge in [-0.15, -0.1) is 0 Å². The van der Waals surface area contributed by atoms with E-state index in [4.69, 9.17) is 0 Å². The SMILES string of the molecule is O=C1CN(c2c(O)ccc(-c3cn(C4CC4)[nH]c3=O)c2F)S(=O)(=O)N1. The summed E-state index contributed by atoms with van der Waals surface area (Å²) < 4.78 is 42.6. The number of amides is 1. The Hall–Kier alpha value is -2.82. The fourth-order valence-corrected chi connectivity index (χ4v) is 3.96. The summed E-state index contributed by atoms with van der Waals surface area (Å²) in [5, 5.41) is 12.5. The lowest BCUT2D eigenvalue weighted by Crippen LogP contribution is -2.30. The molecular weight excluding hydrogens is 355 g/mol. The van der Waals surface area contributed by atoms with Crippen molar-refractivity contribution in [2.24, 2.45) is 0 Å². The zero-order valence-electron chi connectivity index (χ0n) is 12.7. The molecule has 4 rings (SSSR count). The summed E-state index contributed by atoms with van der Waals surface area (Å²) in [6.07, 6.45) is 3.28. The average Bonchev–Trinajstić information content (AvgIpc) is 3.24. The predicted molar refractivity (Wildman–Crippen MR) is 84.8 cm³/mol. The first-order valence-corrected chi connectivity index (χ1v) is 8.88. The standard InChI is InChI=1S/C14H13FN4O5S/c15-12-8(9-5-18(7-1-2-7)16-14(9)22)3-4-10(20)13(12)19-6-11(21)17-25(19,23)24/h3-5,7,20H,1-2,6H2,(H,16,22)(H,17,21). The number of carbonyl (C=O) groups excluding carboxylic acids is 1. The third kappa shape index (κ3) is 2.47. The number of carbonyl (C=O) groups is 1. The van der Waals surface area contributed by atoms with Crippen LogP contribution in [0.2, 0.25) is 0 Å². The van der Waals surface area contributed by atoms with Crippen LogP contribution < -0.4 is 14.6 Å². The molecule has 2 aromatic rings. The quantitative estimate of drug-likeness (QED) is 0.714. The van der Waals surface area contributed by atoms with Crippen LogP contribution >= 0.6 is 0 Å². The highest BCUT2D eigenvalue weighted by molar-refractivity contribution is 7.92. The fraction of sp³-hybridized carbons (Fsp3) is 0.286. The fourth-order valence-electron chi connectivity index (χ4n) is 2.79. The van der Waals surface area contributed by atoms with Crippen LogP contribution in [0, 0.1) is 5.82 Å². The lowest BCUT2D eigenvalue weighted by atomic mass is 10.1. The molecule has 1 amide bonds. The summed E-state index contributed by atoms with van der Waals surface area (Å²) in [7, 11) is -4.30. The van der Waals surface area contributed by atoms with E-state index in [1.807, 2.05) is 0 Å². The van der Waals surface area contributed by atoms with Crippen LogP contribution in [0.25, 0.3) is 11.1 Å². The van der Waals surface area contributed by atoms with Gasteiger partial charge in [0, 0.05) is 17.8 Å². The number of aromatic nitrogens is 2. The first-order valence-electron chi connectivity index (χ1n) is 7.44. The van der Waals surface area contributed by atoms with Crippen LogP contribution in [0.1, 0.15) is 18.9 Å². The lowest BCUT2D eigenvalue weighted by Gasteiger charge is -2.18. The zero-order chi connectivity index (χ0) is 17.9. The molecule has 0 radical (unpaired) electrons. The summed E-state index contributed by atoms with van der Waals surface area (Å²) in [6.45, 7) is -0.657. The molecule has 1 aromatic carbocycles. The van der Waals surface area contributed by atoms with Gasteiger partial charge in [-0.3, -0.25) is 19.4 Å². The number of hydrogen-bond acceptors (Lipinski definition) is 5. The number of phenols is 1. The highest BCUT2D eigenvalue weighted by atomic mass is 32.2. The predicted octanol–water partition coefficient (Wildman–Crippen LogP) is 0.204. The van der Waals surface area contributed by atoms with E-state index in [2.05, 4.69) is 5.10 Å². The van der Waals surface area contributed by atoms with E-state index >= 15 is 0 Å². The van der Waals surface area contributed by atoms with Crippen LogP contribution in [0.4, 0.5) is 10.1 Å². The number of hydrogen-bond donors (Lipinski definition) is 3. The highest BCUT2D eigenvalue weighted by Crippen LogP contribution is 2.39. The molecule has 1 saturated carbocycles. The summed E-state index contributed by atoms with van der Waals surface area (Å²) in [5.41, 5.74) is -1.35. The molecule has 0 unspecified atom stereocenters. The van der Waals surface area contributed by atoms with E-state index in [0.717, 1.165) is 18.9 Å². The maximum Gasteiger partial charge on any atom is 0.326 e. The normalized spacial score (nSPS) is 19.2. The summed E-state index contributed by atoms with van der Waals surface area (Å²) in [4.78, 5) is 23.5. The third-order valence-electron chi connectivity index (χ3n) is 4.14. The van der Waals surface area contributed by atoms with Crippen molar-refractivity contribution in [3.05, 3.63) is 34.5 Å². The second-order valence-electron chi connectivity index (χ2n) is 5.95. The van der Waals surface area contributed by atoms with Crippen molar-refractivity contribution in [2.75, 3.05) is 10.8 Å². The summed E-state index contributed by atoms with van der Waals surface area (Å²) >= 11 is 0. The van der Waals surface area contributed by atoms with Gasteiger partial charge in [-0.05, 0) is 25.0 Å². The van der Waals surface area contributed by atoms with Crippen molar-refractivity contribution in [3.63, 3.8) is 0 Å². The molecule has 2 fully saturated rings. The van der Waals surface area contributed by atoms with Gasteiger partial charge in [-0.2, -0.15) is 8.42 Å². The number of aromatic amines is 1. The molecule has 0 bridgehead atoms. The smallest absolute Gasteiger partial charge is 0.326 e. The van der Waals surface area contributed by atoms with E-state index in [1.165, 1.54) is 12.3 Å². The van der Waals surface area contributed by atoms with E-state index in [0.29, 0.717) is 4.31 Å². The average molecular weight is 368 g/mol. The minimum Gasteiger partial charge on any atom is -0.506 e. The van der Waals surface area contributed by atoms with Crippen molar-refractivity contribution in [1.82, 2.24) is 14.5 Å². The molecule has 0 spiro atoms. The van der Waals surface area contributed by atoms with Crippen LogP contribution in [0.3, 0.4) is 0 Å². The summed E-state index contributed by atoms with van der Waals surface area (Å²) in [5.74, 6) is -2.60. The first-order chi connectivity index (χ1) is 11.8. The van der Waals surface area contributed by atoms with Gasteiger partial charge in [0.1, 0.15) is 18.0 Å². The largest absolute Gasteiger partial charge is 0.506 e. The molecule has 0 atom stereocenters. The zero-order valence-corrected chi connectivity index (χ0v) is 13.5. The Labute approximate surface area is 140 Å². The van der Waals surface area contributed by atoms with Crippen LogP contribution in [-0.4, -0.2) is 35.8 Å². The van der Waals surface area contributed by atoms with Crippen molar-refractivity contribution in [1.29, 1.82) is 0 Å². The third-order valence-corrected chi connectivity index (χ3v) is 5.52.